The molecule has 0 aliphatic heterocycles. The van der Waals surface area contributed by atoms with E-state index in [4.69, 9.17) is 10.7 Å². The molecular weight excluding hydrogens is 224 g/mol. The maximum atomic E-state index is 6.00. The van der Waals surface area contributed by atoms with Crippen molar-refractivity contribution in [3.8, 4) is 11.3 Å². The zero-order valence-corrected chi connectivity index (χ0v) is 10.6. The smallest absolute Gasteiger partial charge is 0.134 e. The molecule has 4 heteroatoms. The quantitative estimate of drug-likeness (QED) is 0.876. The first-order chi connectivity index (χ1) is 8.66. The molecule has 1 aliphatic rings. The van der Waals surface area contributed by atoms with Crippen LogP contribution in [0.5, 0.6) is 0 Å². The molecule has 0 aromatic carbocycles. The van der Waals surface area contributed by atoms with Crippen molar-refractivity contribution < 1.29 is 0 Å². The summed E-state index contributed by atoms with van der Waals surface area (Å²) in [5, 5.41) is 0. The second kappa shape index (κ2) is 4.05. The minimum Gasteiger partial charge on any atom is -0.383 e. The number of nitrogen functional groups attached to an aromatic ring is 1. The number of anilines is 1. The number of nitrogens with two attached hydrogens (primary N) is 1. The van der Waals surface area contributed by atoms with Crippen molar-refractivity contribution >= 4 is 5.82 Å². The first-order valence-electron chi connectivity index (χ1n) is 6.22. The highest BCUT2D eigenvalue weighted by molar-refractivity contribution is 5.69. The van der Waals surface area contributed by atoms with Crippen LogP contribution in [0, 0.1) is 13.8 Å². The minimum atomic E-state index is 0.503. The third-order valence-electron chi connectivity index (χ3n) is 3.44. The van der Waals surface area contributed by atoms with Crippen molar-refractivity contribution in [3.63, 3.8) is 0 Å². The Morgan fingerprint density at radius 1 is 1.22 bits per heavy atom. The van der Waals surface area contributed by atoms with Crippen molar-refractivity contribution in [3.05, 3.63) is 35.4 Å². The monoisotopic (exact) mass is 240 g/mol. The van der Waals surface area contributed by atoms with Gasteiger partial charge in [0.2, 0.25) is 0 Å². The van der Waals surface area contributed by atoms with E-state index in [0.29, 0.717) is 11.7 Å². The number of nitrogens with zero attached hydrogens (tertiary/aromatic N) is 3. The summed E-state index contributed by atoms with van der Waals surface area (Å²) >= 11 is 0. The van der Waals surface area contributed by atoms with Crippen LogP contribution < -0.4 is 5.73 Å². The Kier molecular flexibility index (Phi) is 2.51. The van der Waals surface area contributed by atoms with Crippen molar-refractivity contribution in [2.45, 2.75) is 32.6 Å². The molecule has 0 spiro atoms. The van der Waals surface area contributed by atoms with E-state index in [-0.39, 0.29) is 0 Å². The van der Waals surface area contributed by atoms with Crippen molar-refractivity contribution in [2.75, 3.05) is 5.73 Å². The van der Waals surface area contributed by atoms with Gasteiger partial charge in [0.25, 0.3) is 0 Å². The highest BCUT2D eigenvalue weighted by Gasteiger charge is 2.28. The molecule has 2 heterocycles. The summed E-state index contributed by atoms with van der Waals surface area (Å²) < 4.78 is 0. The van der Waals surface area contributed by atoms with Gasteiger partial charge in [-0.25, -0.2) is 9.97 Å². The Morgan fingerprint density at radius 3 is 2.67 bits per heavy atom. The molecule has 4 nitrogen and oxygen atoms in total. The van der Waals surface area contributed by atoms with Crippen LogP contribution in [0.3, 0.4) is 0 Å². The van der Waals surface area contributed by atoms with E-state index in [9.17, 15) is 0 Å². The Bertz CT molecular complexity index is 603. The Morgan fingerprint density at radius 2 is 2.00 bits per heavy atom. The molecule has 3 rings (SSSR count). The zero-order valence-electron chi connectivity index (χ0n) is 10.6. The SMILES string of the molecule is Cc1ccncc1-c1nc(C2CC2)nc(N)c1C. The Balaban J connectivity index is 2.18. The first-order valence-corrected chi connectivity index (χ1v) is 6.22. The summed E-state index contributed by atoms with van der Waals surface area (Å²) in [5.74, 6) is 1.98. The van der Waals surface area contributed by atoms with Crippen molar-refractivity contribution in [1.82, 2.24) is 15.0 Å². The van der Waals surface area contributed by atoms with Crippen LogP contribution >= 0.6 is 0 Å². The molecule has 18 heavy (non-hydrogen) atoms. The summed E-state index contributed by atoms with van der Waals surface area (Å²) in [4.78, 5) is 13.3. The van der Waals surface area contributed by atoms with Gasteiger partial charge in [-0.3, -0.25) is 4.98 Å². The lowest BCUT2D eigenvalue weighted by molar-refractivity contribution is 0.926. The predicted octanol–water partition coefficient (Wildman–Crippen LogP) is 2.62. The lowest BCUT2D eigenvalue weighted by Gasteiger charge is -2.11. The number of pyridine rings is 1. The van der Waals surface area contributed by atoms with Gasteiger partial charge in [-0.2, -0.15) is 0 Å². The summed E-state index contributed by atoms with van der Waals surface area (Å²) in [7, 11) is 0. The van der Waals surface area contributed by atoms with Crippen LogP contribution in [-0.4, -0.2) is 15.0 Å². The van der Waals surface area contributed by atoms with Gasteiger partial charge in [-0.15, -0.1) is 0 Å². The van der Waals surface area contributed by atoms with Crippen LogP contribution in [-0.2, 0) is 0 Å². The molecule has 1 aliphatic carbocycles. The highest BCUT2D eigenvalue weighted by atomic mass is 15.0. The molecule has 0 atom stereocenters. The third-order valence-corrected chi connectivity index (χ3v) is 3.44. The normalized spacial score (nSPS) is 14.8. The molecule has 0 radical (unpaired) electrons. The average Bonchev–Trinajstić information content (AvgIpc) is 3.18. The van der Waals surface area contributed by atoms with Gasteiger partial charge in [0, 0.05) is 29.4 Å². The third kappa shape index (κ3) is 1.83. The van der Waals surface area contributed by atoms with Gasteiger partial charge < -0.3 is 5.73 Å². The number of rotatable bonds is 2. The van der Waals surface area contributed by atoms with E-state index in [1.165, 1.54) is 12.8 Å². The largest absolute Gasteiger partial charge is 0.383 e. The maximum Gasteiger partial charge on any atom is 0.134 e. The topological polar surface area (TPSA) is 64.7 Å². The van der Waals surface area contributed by atoms with E-state index >= 15 is 0 Å². The molecule has 0 bridgehead atoms. The highest BCUT2D eigenvalue weighted by Crippen LogP contribution is 2.39. The van der Waals surface area contributed by atoms with Gasteiger partial charge in [0.15, 0.2) is 0 Å². The number of aryl methyl sites for hydroxylation is 1. The molecule has 0 amide bonds. The Labute approximate surface area is 106 Å². The van der Waals surface area contributed by atoms with E-state index in [2.05, 4.69) is 16.9 Å². The van der Waals surface area contributed by atoms with Crippen LogP contribution in [0.4, 0.5) is 5.82 Å². The standard InChI is InChI=1S/C14H16N4/c1-8-5-6-16-7-11(8)12-9(2)13(15)18-14(17-12)10-3-4-10/h5-7,10H,3-4H2,1-2H3,(H2,15,17,18). The molecule has 92 valence electrons. The fourth-order valence-corrected chi connectivity index (χ4v) is 2.05. The lowest BCUT2D eigenvalue weighted by Crippen LogP contribution is -2.04. The number of hydrogen-bond acceptors (Lipinski definition) is 4. The molecule has 2 N–H and O–H groups in total. The Hall–Kier alpha value is -1.97. The molecule has 2 aromatic rings. The molecular formula is C14H16N4. The van der Waals surface area contributed by atoms with Gasteiger partial charge in [0.1, 0.15) is 11.6 Å². The van der Waals surface area contributed by atoms with E-state index in [1.54, 1.807) is 6.20 Å². The molecule has 1 saturated carbocycles. The maximum absolute atomic E-state index is 6.00. The first kappa shape index (κ1) is 11.1. The summed E-state index contributed by atoms with van der Waals surface area (Å²) in [6.07, 6.45) is 5.99. The van der Waals surface area contributed by atoms with Crippen molar-refractivity contribution in [2.24, 2.45) is 0 Å². The van der Waals surface area contributed by atoms with Crippen LogP contribution in [0.1, 0.15) is 35.7 Å². The van der Waals surface area contributed by atoms with E-state index in [0.717, 1.165) is 28.2 Å². The lowest BCUT2D eigenvalue weighted by atomic mass is 10.0. The minimum absolute atomic E-state index is 0.503. The summed E-state index contributed by atoms with van der Waals surface area (Å²) in [5.41, 5.74) is 10.1. The van der Waals surface area contributed by atoms with Crippen molar-refractivity contribution in [1.29, 1.82) is 0 Å². The molecule has 2 aromatic heterocycles. The zero-order chi connectivity index (χ0) is 12.7. The van der Waals surface area contributed by atoms with E-state index in [1.807, 2.05) is 19.2 Å². The van der Waals surface area contributed by atoms with Crippen LogP contribution in [0.2, 0.25) is 0 Å². The van der Waals surface area contributed by atoms with Gasteiger partial charge in [-0.1, -0.05) is 0 Å². The van der Waals surface area contributed by atoms with Crippen LogP contribution in [0.25, 0.3) is 11.3 Å². The second-order valence-corrected chi connectivity index (χ2v) is 4.91. The summed E-state index contributed by atoms with van der Waals surface area (Å²) in [6.45, 7) is 4.03. The second-order valence-electron chi connectivity index (χ2n) is 4.91. The fraction of sp³-hybridized carbons (Fsp3) is 0.357. The van der Waals surface area contributed by atoms with Gasteiger partial charge >= 0.3 is 0 Å². The predicted molar refractivity (Wildman–Crippen MR) is 71.1 cm³/mol. The number of aromatic nitrogens is 3. The number of hydrogen-bond donors (Lipinski definition) is 1. The summed E-state index contributed by atoms with van der Waals surface area (Å²) in [6, 6.07) is 1.99. The molecule has 0 saturated heterocycles. The molecule has 1 fully saturated rings. The van der Waals surface area contributed by atoms with E-state index < -0.39 is 0 Å². The average molecular weight is 240 g/mol. The van der Waals surface area contributed by atoms with Crippen LogP contribution in [0.15, 0.2) is 18.5 Å². The molecule has 0 unspecified atom stereocenters. The van der Waals surface area contributed by atoms with Gasteiger partial charge in [0.05, 0.1) is 5.69 Å². The van der Waals surface area contributed by atoms with Gasteiger partial charge in [-0.05, 0) is 38.3 Å². The fourth-order valence-electron chi connectivity index (χ4n) is 2.05.